The van der Waals surface area contributed by atoms with Crippen molar-refractivity contribution in [3.63, 3.8) is 0 Å². The molecule has 0 aliphatic carbocycles. The molecular weight excluding hydrogens is 395 g/mol. The smallest absolute Gasteiger partial charge is 0.321 e. The van der Waals surface area contributed by atoms with E-state index in [4.69, 9.17) is 0 Å². The lowest BCUT2D eigenvalue weighted by Crippen LogP contribution is -2.42. The molecule has 0 aromatic heterocycles. The topological polar surface area (TPSA) is 61.4 Å². The number of amides is 3. The number of carbonyl (C=O) groups excluding carboxylic acids is 2. The summed E-state index contributed by atoms with van der Waals surface area (Å²) in [5.74, 6) is -1.74. The predicted octanol–water partition coefficient (Wildman–Crippen LogP) is 4.44. The van der Waals surface area contributed by atoms with E-state index in [0.717, 1.165) is 18.9 Å². The molecular formula is C22H24F3N3O2. The summed E-state index contributed by atoms with van der Waals surface area (Å²) < 4.78 is 39.4. The van der Waals surface area contributed by atoms with Gasteiger partial charge in [0.1, 0.15) is 17.5 Å². The Kier molecular flexibility index (Phi) is 7.32. The molecule has 1 aliphatic rings. The van der Waals surface area contributed by atoms with Crippen LogP contribution in [0.15, 0.2) is 42.5 Å². The first-order chi connectivity index (χ1) is 14.4. The van der Waals surface area contributed by atoms with E-state index in [9.17, 15) is 22.8 Å². The van der Waals surface area contributed by atoms with Crippen molar-refractivity contribution in [3.05, 3.63) is 65.5 Å². The second-order valence-electron chi connectivity index (χ2n) is 7.48. The van der Waals surface area contributed by atoms with Gasteiger partial charge in [-0.2, -0.15) is 0 Å². The fourth-order valence-electron chi connectivity index (χ4n) is 3.56. The fraction of sp³-hybridized carbons (Fsp3) is 0.364. The molecule has 1 saturated heterocycles. The molecule has 1 atom stereocenters. The fourth-order valence-corrected chi connectivity index (χ4v) is 3.56. The summed E-state index contributed by atoms with van der Waals surface area (Å²) in [6, 6.07) is 8.48. The van der Waals surface area contributed by atoms with Crippen LogP contribution in [0.1, 0.15) is 31.2 Å². The van der Waals surface area contributed by atoms with Crippen LogP contribution in [0.5, 0.6) is 0 Å². The van der Waals surface area contributed by atoms with Gasteiger partial charge >= 0.3 is 6.03 Å². The van der Waals surface area contributed by atoms with Crippen LogP contribution < -0.4 is 10.6 Å². The van der Waals surface area contributed by atoms with Crippen LogP contribution in [0.4, 0.5) is 23.7 Å². The normalized spacial score (nSPS) is 16.2. The standard InChI is InChI=1S/C22H24F3N3O2/c23-17-4-6-20(7-5-17)27-22(30)28-9-1-2-15(14-28)3-8-21(29)26-13-16-10-18(24)12-19(25)11-16/h4-7,10-12,15H,1-3,8-9,13-14H2,(H,26,29)(H,27,30)/t15-/m0/s1. The molecule has 1 aliphatic heterocycles. The maximum atomic E-state index is 13.2. The lowest BCUT2D eigenvalue weighted by atomic mass is 9.93. The number of urea groups is 1. The Bertz CT molecular complexity index is 869. The first kappa shape index (κ1) is 21.7. The van der Waals surface area contributed by atoms with Crippen molar-refractivity contribution in [1.29, 1.82) is 0 Å². The molecule has 0 saturated carbocycles. The maximum absolute atomic E-state index is 13.2. The molecule has 2 aromatic rings. The molecule has 5 nitrogen and oxygen atoms in total. The molecule has 0 unspecified atom stereocenters. The average Bonchev–Trinajstić information content (AvgIpc) is 2.72. The Morgan fingerprint density at radius 3 is 2.40 bits per heavy atom. The van der Waals surface area contributed by atoms with Gasteiger partial charge in [0.2, 0.25) is 5.91 Å². The van der Waals surface area contributed by atoms with Crippen LogP contribution in [0.2, 0.25) is 0 Å². The largest absolute Gasteiger partial charge is 0.352 e. The Balaban J connectivity index is 1.42. The summed E-state index contributed by atoms with van der Waals surface area (Å²) in [7, 11) is 0. The molecule has 0 radical (unpaired) electrons. The van der Waals surface area contributed by atoms with E-state index < -0.39 is 11.6 Å². The summed E-state index contributed by atoms with van der Waals surface area (Å²) in [6.45, 7) is 1.22. The minimum absolute atomic E-state index is 0.0599. The molecule has 0 spiro atoms. The first-order valence-electron chi connectivity index (χ1n) is 9.92. The zero-order valence-corrected chi connectivity index (χ0v) is 16.5. The number of halogens is 3. The maximum Gasteiger partial charge on any atom is 0.321 e. The molecule has 2 N–H and O–H groups in total. The van der Waals surface area contributed by atoms with Crippen LogP contribution in [0, 0.1) is 23.4 Å². The van der Waals surface area contributed by atoms with E-state index in [-0.39, 0.29) is 36.6 Å². The SMILES string of the molecule is O=C(CC[C@@H]1CCCN(C(=O)Nc2ccc(F)cc2)C1)NCc1cc(F)cc(F)c1. The molecule has 3 amide bonds. The van der Waals surface area contributed by atoms with Gasteiger partial charge in [-0.15, -0.1) is 0 Å². The summed E-state index contributed by atoms with van der Waals surface area (Å²) in [5.41, 5.74) is 0.888. The number of hydrogen-bond donors (Lipinski definition) is 2. The molecule has 3 rings (SSSR count). The zero-order chi connectivity index (χ0) is 21.5. The van der Waals surface area contributed by atoms with E-state index in [1.54, 1.807) is 4.90 Å². The van der Waals surface area contributed by atoms with Crippen molar-refractivity contribution in [2.24, 2.45) is 5.92 Å². The number of rotatable bonds is 6. The highest BCUT2D eigenvalue weighted by molar-refractivity contribution is 5.89. The minimum atomic E-state index is -0.680. The van der Waals surface area contributed by atoms with Gasteiger partial charge in [-0.1, -0.05) is 0 Å². The lowest BCUT2D eigenvalue weighted by Gasteiger charge is -2.32. The number of nitrogens with one attached hydrogen (secondary N) is 2. The van der Waals surface area contributed by atoms with Crippen molar-refractivity contribution < 1.29 is 22.8 Å². The molecule has 160 valence electrons. The predicted molar refractivity (Wildman–Crippen MR) is 107 cm³/mol. The number of likely N-dealkylation sites (tertiary alicyclic amines) is 1. The quantitative estimate of drug-likeness (QED) is 0.727. The number of piperidine rings is 1. The van der Waals surface area contributed by atoms with E-state index in [1.165, 1.54) is 36.4 Å². The monoisotopic (exact) mass is 419 g/mol. The van der Waals surface area contributed by atoms with E-state index in [1.807, 2.05) is 0 Å². The Hall–Kier alpha value is -3.03. The third kappa shape index (κ3) is 6.50. The number of hydrogen-bond acceptors (Lipinski definition) is 2. The van der Waals surface area contributed by atoms with Gasteiger partial charge in [-0.25, -0.2) is 18.0 Å². The third-order valence-corrected chi connectivity index (χ3v) is 5.09. The van der Waals surface area contributed by atoms with Gasteiger partial charge in [0.05, 0.1) is 0 Å². The van der Waals surface area contributed by atoms with Crippen LogP contribution >= 0.6 is 0 Å². The van der Waals surface area contributed by atoms with Crippen molar-refractivity contribution in [1.82, 2.24) is 10.2 Å². The third-order valence-electron chi connectivity index (χ3n) is 5.09. The van der Waals surface area contributed by atoms with Gasteiger partial charge in [0, 0.05) is 37.8 Å². The average molecular weight is 419 g/mol. The summed E-state index contributed by atoms with van der Waals surface area (Å²) in [6.07, 6.45) is 2.65. The highest BCUT2D eigenvalue weighted by Gasteiger charge is 2.24. The second kappa shape index (κ2) is 10.1. The van der Waals surface area contributed by atoms with Crippen molar-refractivity contribution in [2.45, 2.75) is 32.2 Å². The van der Waals surface area contributed by atoms with Gasteiger partial charge < -0.3 is 15.5 Å². The van der Waals surface area contributed by atoms with Crippen molar-refractivity contribution >= 4 is 17.6 Å². The van der Waals surface area contributed by atoms with Crippen LogP contribution in [0.25, 0.3) is 0 Å². The highest BCUT2D eigenvalue weighted by Crippen LogP contribution is 2.22. The molecule has 1 heterocycles. The second-order valence-corrected chi connectivity index (χ2v) is 7.48. The van der Waals surface area contributed by atoms with E-state index in [2.05, 4.69) is 10.6 Å². The van der Waals surface area contributed by atoms with Gasteiger partial charge in [-0.3, -0.25) is 4.79 Å². The van der Waals surface area contributed by atoms with Crippen molar-refractivity contribution in [3.8, 4) is 0 Å². The summed E-state index contributed by atoms with van der Waals surface area (Å²) >= 11 is 0. The summed E-state index contributed by atoms with van der Waals surface area (Å²) in [4.78, 5) is 26.2. The van der Waals surface area contributed by atoms with E-state index in [0.29, 0.717) is 30.8 Å². The van der Waals surface area contributed by atoms with E-state index >= 15 is 0 Å². The Morgan fingerprint density at radius 2 is 1.70 bits per heavy atom. The number of benzene rings is 2. The lowest BCUT2D eigenvalue weighted by molar-refractivity contribution is -0.121. The van der Waals surface area contributed by atoms with Crippen molar-refractivity contribution in [2.75, 3.05) is 18.4 Å². The molecule has 0 bridgehead atoms. The Morgan fingerprint density at radius 1 is 1.00 bits per heavy atom. The molecule has 30 heavy (non-hydrogen) atoms. The van der Waals surface area contributed by atoms with Crippen LogP contribution in [-0.4, -0.2) is 29.9 Å². The molecule has 2 aromatic carbocycles. The highest BCUT2D eigenvalue weighted by atomic mass is 19.1. The van der Waals surface area contributed by atoms with Crippen LogP contribution in [0.3, 0.4) is 0 Å². The van der Waals surface area contributed by atoms with Gasteiger partial charge in [0.25, 0.3) is 0 Å². The number of nitrogens with zero attached hydrogens (tertiary/aromatic N) is 1. The number of anilines is 1. The number of carbonyl (C=O) groups is 2. The zero-order valence-electron chi connectivity index (χ0n) is 16.5. The van der Waals surface area contributed by atoms with Gasteiger partial charge in [-0.05, 0) is 67.1 Å². The summed E-state index contributed by atoms with van der Waals surface area (Å²) in [5, 5.41) is 5.42. The molecule has 8 heteroatoms. The van der Waals surface area contributed by atoms with Gasteiger partial charge in [0.15, 0.2) is 0 Å². The minimum Gasteiger partial charge on any atom is -0.352 e. The van der Waals surface area contributed by atoms with Crippen LogP contribution in [-0.2, 0) is 11.3 Å². The Labute approximate surface area is 173 Å². The first-order valence-corrected chi connectivity index (χ1v) is 9.92. The molecule has 1 fully saturated rings.